The number of rotatable bonds is 2. The number of halogens is 1. The average Bonchev–Trinajstić information content (AvgIpc) is 2.59. The number of ether oxygens (including phenoxy) is 2. The van der Waals surface area contributed by atoms with E-state index in [4.69, 9.17) is 9.47 Å². The van der Waals surface area contributed by atoms with Crippen molar-refractivity contribution in [3.63, 3.8) is 0 Å². The Morgan fingerprint density at radius 1 is 0.958 bits per heavy atom. The monoisotopic (exact) mass is 436 g/mol. The molecule has 2 aliphatic rings. The Balaban J connectivity index is 1.64. The van der Waals surface area contributed by atoms with Gasteiger partial charge in [-0.2, -0.15) is 0 Å². The van der Waals surface area contributed by atoms with Crippen LogP contribution in [0.4, 0.5) is 0 Å². The zero-order chi connectivity index (χ0) is 16.7. The number of nitrogens with zero attached hydrogens (tertiary/aromatic N) is 2. The van der Waals surface area contributed by atoms with Gasteiger partial charge in [0.25, 0.3) is 0 Å². The van der Waals surface area contributed by atoms with Crippen LogP contribution in [0.5, 0.6) is 11.5 Å². The molecule has 124 valence electrons. The lowest BCUT2D eigenvalue weighted by molar-refractivity contribution is 0.103. The summed E-state index contributed by atoms with van der Waals surface area (Å²) >= 11 is 2.22. The first-order valence-corrected chi connectivity index (χ1v) is 8.72. The maximum absolute atomic E-state index is 12.9. The van der Waals surface area contributed by atoms with Crippen molar-refractivity contribution >= 4 is 28.6 Å². The van der Waals surface area contributed by atoms with Crippen molar-refractivity contribution in [1.82, 2.24) is 8.01 Å². The highest BCUT2D eigenvalue weighted by Gasteiger charge is 2.20. The summed E-state index contributed by atoms with van der Waals surface area (Å²) in [5.41, 5.74) is 3.47. The van der Waals surface area contributed by atoms with Crippen LogP contribution in [0.2, 0.25) is 0 Å². The predicted molar refractivity (Wildman–Crippen MR) is 98.3 cm³/mol. The zero-order valence-corrected chi connectivity index (χ0v) is 15.4. The number of fused-ring (bicyclic) bond motifs is 2. The zero-order valence-electron chi connectivity index (χ0n) is 13.3. The van der Waals surface area contributed by atoms with Crippen molar-refractivity contribution < 1.29 is 14.3 Å². The molecule has 0 aromatic heterocycles. The van der Waals surface area contributed by atoms with E-state index in [0.29, 0.717) is 24.6 Å². The van der Waals surface area contributed by atoms with Crippen LogP contribution >= 0.6 is 22.9 Å². The molecule has 2 heterocycles. The van der Waals surface area contributed by atoms with Crippen LogP contribution in [0.25, 0.3) is 0 Å². The van der Waals surface area contributed by atoms with Crippen LogP contribution in [0.15, 0.2) is 36.4 Å². The Labute approximate surface area is 154 Å². The fourth-order valence-corrected chi connectivity index (χ4v) is 3.53. The van der Waals surface area contributed by atoms with Gasteiger partial charge in [-0.15, -0.1) is 0 Å². The molecule has 0 saturated heterocycles. The quantitative estimate of drug-likeness (QED) is 0.411. The van der Waals surface area contributed by atoms with E-state index >= 15 is 0 Å². The SMILES string of the molecule is CN1COc2ccc(C(=O)c3ccc4c(c3)CN(I)CO4)cc2C1. The van der Waals surface area contributed by atoms with Gasteiger partial charge in [0.15, 0.2) is 12.5 Å². The Hall–Kier alpha value is -1.64. The van der Waals surface area contributed by atoms with Gasteiger partial charge in [0, 0.05) is 58.2 Å². The van der Waals surface area contributed by atoms with Crippen LogP contribution in [0, 0.1) is 0 Å². The number of hydrogen-bond donors (Lipinski definition) is 0. The van der Waals surface area contributed by atoms with E-state index < -0.39 is 0 Å². The fraction of sp³-hybridized carbons (Fsp3) is 0.278. The lowest BCUT2D eigenvalue weighted by Gasteiger charge is -2.26. The fourth-order valence-electron chi connectivity index (χ4n) is 3.02. The third-order valence-corrected chi connectivity index (χ3v) is 4.85. The minimum absolute atomic E-state index is 0.0272. The van der Waals surface area contributed by atoms with Gasteiger partial charge in [-0.25, -0.2) is 3.11 Å². The minimum atomic E-state index is 0.0272. The standard InChI is InChI=1S/C18H17IN2O3/c1-20-8-14-6-12(2-4-16(14)23-10-20)18(22)13-3-5-17-15(7-13)9-21(19)11-24-17/h2-7H,8-11H2,1H3. The van der Waals surface area contributed by atoms with Crippen molar-refractivity contribution in [2.75, 3.05) is 20.5 Å². The van der Waals surface area contributed by atoms with E-state index in [1.165, 1.54) is 0 Å². The smallest absolute Gasteiger partial charge is 0.193 e. The van der Waals surface area contributed by atoms with E-state index in [9.17, 15) is 4.79 Å². The van der Waals surface area contributed by atoms with Crippen molar-refractivity contribution in [2.45, 2.75) is 13.1 Å². The molecule has 0 radical (unpaired) electrons. The second-order valence-corrected chi connectivity index (χ2v) is 7.52. The van der Waals surface area contributed by atoms with Gasteiger partial charge in [0.1, 0.15) is 18.2 Å². The maximum atomic E-state index is 12.9. The largest absolute Gasteiger partial charge is 0.478 e. The number of carbonyl (C=O) groups excluding carboxylic acids is 1. The topological polar surface area (TPSA) is 42.0 Å². The summed E-state index contributed by atoms with van der Waals surface area (Å²) in [5.74, 6) is 1.75. The summed E-state index contributed by atoms with van der Waals surface area (Å²) in [6, 6.07) is 11.3. The Morgan fingerprint density at radius 3 is 2.21 bits per heavy atom. The van der Waals surface area contributed by atoms with Crippen molar-refractivity contribution in [1.29, 1.82) is 0 Å². The highest BCUT2D eigenvalue weighted by atomic mass is 127. The van der Waals surface area contributed by atoms with E-state index in [0.717, 1.165) is 35.7 Å². The summed E-state index contributed by atoms with van der Waals surface area (Å²) in [4.78, 5) is 14.9. The number of ketones is 1. The van der Waals surface area contributed by atoms with Gasteiger partial charge in [-0.1, -0.05) is 0 Å². The normalized spacial score (nSPS) is 17.4. The second-order valence-electron chi connectivity index (χ2n) is 6.16. The van der Waals surface area contributed by atoms with Gasteiger partial charge < -0.3 is 9.47 Å². The van der Waals surface area contributed by atoms with Crippen molar-refractivity contribution in [2.24, 2.45) is 0 Å². The summed E-state index contributed by atoms with van der Waals surface area (Å²) in [7, 11) is 2.00. The van der Waals surface area contributed by atoms with Gasteiger partial charge >= 0.3 is 0 Å². The minimum Gasteiger partial charge on any atom is -0.478 e. The molecule has 2 aromatic carbocycles. The molecule has 0 saturated carbocycles. The molecule has 6 heteroatoms. The summed E-state index contributed by atoms with van der Waals surface area (Å²) in [6.07, 6.45) is 0. The molecule has 4 rings (SSSR count). The molecule has 0 atom stereocenters. The molecule has 5 nitrogen and oxygen atoms in total. The van der Waals surface area contributed by atoms with Crippen molar-refractivity contribution in [3.05, 3.63) is 58.7 Å². The molecule has 0 unspecified atom stereocenters. The summed E-state index contributed by atoms with van der Waals surface area (Å²) < 4.78 is 13.3. The Kier molecular flexibility index (Phi) is 4.19. The molecule has 0 aliphatic carbocycles. The van der Waals surface area contributed by atoms with Gasteiger partial charge in [0.2, 0.25) is 0 Å². The van der Waals surface area contributed by atoms with Gasteiger partial charge in [-0.3, -0.25) is 9.69 Å². The Bertz CT molecular complexity index is 743. The molecule has 0 fully saturated rings. The van der Waals surface area contributed by atoms with E-state index in [-0.39, 0.29) is 5.78 Å². The van der Waals surface area contributed by atoms with Crippen LogP contribution in [0.3, 0.4) is 0 Å². The maximum Gasteiger partial charge on any atom is 0.193 e. The average molecular weight is 436 g/mol. The van der Waals surface area contributed by atoms with E-state index in [2.05, 4.69) is 27.8 Å². The Morgan fingerprint density at radius 2 is 1.54 bits per heavy atom. The molecule has 2 aliphatic heterocycles. The third kappa shape index (κ3) is 3.01. The first-order valence-electron chi connectivity index (χ1n) is 7.75. The number of carbonyl (C=O) groups is 1. The highest BCUT2D eigenvalue weighted by Crippen LogP contribution is 2.30. The van der Waals surface area contributed by atoms with Gasteiger partial charge in [0.05, 0.1) is 0 Å². The molecule has 0 spiro atoms. The molecular weight excluding hydrogens is 419 g/mol. The second kappa shape index (κ2) is 6.34. The lowest BCUT2D eigenvalue weighted by Crippen LogP contribution is -2.28. The first-order chi connectivity index (χ1) is 11.6. The van der Waals surface area contributed by atoms with Crippen LogP contribution in [0.1, 0.15) is 27.0 Å². The third-order valence-electron chi connectivity index (χ3n) is 4.23. The van der Waals surface area contributed by atoms with Gasteiger partial charge in [-0.05, 0) is 43.4 Å². The van der Waals surface area contributed by atoms with Crippen LogP contribution in [-0.2, 0) is 13.1 Å². The molecule has 0 amide bonds. The van der Waals surface area contributed by atoms with Crippen LogP contribution in [-0.4, -0.2) is 34.3 Å². The first kappa shape index (κ1) is 15.9. The molecule has 0 N–H and O–H groups in total. The molecular formula is C18H17IN2O3. The van der Waals surface area contributed by atoms with E-state index in [1.54, 1.807) is 0 Å². The van der Waals surface area contributed by atoms with E-state index in [1.807, 2.05) is 46.6 Å². The van der Waals surface area contributed by atoms with Crippen LogP contribution < -0.4 is 9.47 Å². The molecule has 0 bridgehead atoms. The summed E-state index contributed by atoms with van der Waals surface area (Å²) in [6.45, 7) is 2.72. The highest BCUT2D eigenvalue weighted by molar-refractivity contribution is 14.1. The number of hydrogen-bond acceptors (Lipinski definition) is 5. The molecule has 2 aromatic rings. The van der Waals surface area contributed by atoms with Crippen molar-refractivity contribution in [3.8, 4) is 11.5 Å². The molecule has 24 heavy (non-hydrogen) atoms. The number of benzene rings is 2. The lowest BCUT2D eigenvalue weighted by atomic mass is 9.98. The predicted octanol–water partition coefficient (Wildman–Crippen LogP) is 3.20. The summed E-state index contributed by atoms with van der Waals surface area (Å²) in [5, 5.41) is 0.